The molecule has 6 rings (SSSR count). The second-order valence-corrected chi connectivity index (χ2v) is 11.5. The molecule has 0 aliphatic carbocycles. The molecule has 0 amide bonds. The average Bonchev–Trinajstić information content (AvgIpc) is 3.27. The van der Waals surface area contributed by atoms with Gasteiger partial charge in [0.25, 0.3) is 0 Å². The molecule has 0 bridgehead atoms. The Morgan fingerprint density at radius 2 is 1.38 bits per heavy atom. The Hall–Kier alpha value is -3.91. The van der Waals surface area contributed by atoms with Crippen molar-refractivity contribution < 1.29 is 0 Å². The summed E-state index contributed by atoms with van der Waals surface area (Å²) in [5.74, 6) is 0. The van der Waals surface area contributed by atoms with Crippen LogP contribution in [0.2, 0.25) is 0 Å². The first-order valence-electron chi connectivity index (χ1n) is 13.1. The highest BCUT2D eigenvalue weighted by molar-refractivity contribution is 6.12. The number of hydrogen-bond acceptors (Lipinski definition) is 2. The molecule has 0 fully saturated rings. The van der Waals surface area contributed by atoms with Gasteiger partial charge in [0.1, 0.15) is 0 Å². The zero-order valence-corrected chi connectivity index (χ0v) is 22.6. The van der Waals surface area contributed by atoms with Crippen LogP contribution in [-0.4, -0.2) is 12.8 Å². The fraction of sp³-hybridized carbons (Fsp3) is 0.229. The first-order chi connectivity index (χ1) is 17.7. The van der Waals surface area contributed by atoms with Gasteiger partial charge < -0.3 is 4.90 Å². The van der Waals surface area contributed by atoms with E-state index in [-0.39, 0.29) is 10.8 Å². The van der Waals surface area contributed by atoms with Crippen LogP contribution in [0.1, 0.15) is 45.7 Å². The summed E-state index contributed by atoms with van der Waals surface area (Å²) in [5, 5.41) is 5.21. The van der Waals surface area contributed by atoms with Gasteiger partial charge in [0.2, 0.25) is 0 Å². The third-order valence-electron chi connectivity index (χ3n) is 8.32. The first kappa shape index (κ1) is 23.5. The maximum atomic E-state index is 5.03. The number of likely N-dealkylation sites (N-methyl/N-ethyl adjacent to an activating group) is 1. The van der Waals surface area contributed by atoms with E-state index in [4.69, 9.17) is 4.99 Å². The fourth-order valence-corrected chi connectivity index (χ4v) is 6.32. The highest BCUT2D eigenvalue weighted by Crippen LogP contribution is 2.50. The summed E-state index contributed by atoms with van der Waals surface area (Å²) in [5.41, 5.74) is 8.53. The Morgan fingerprint density at radius 1 is 0.757 bits per heavy atom. The van der Waals surface area contributed by atoms with Gasteiger partial charge in [-0.3, -0.25) is 4.99 Å². The highest BCUT2D eigenvalue weighted by Gasteiger charge is 2.39. The summed E-state index contributed by atoms with van der Waals surface area (Å²) in [6.45, 7) is 11.4. The Labute approximate surface area is 220 Å². The molecule has 37 heavy (non-hydrogen) atoms. The summed E-state index contributed by atoms with van der Waals surface area (Å²) >= 11 is 0. The molecule has 0 saturated carbocycles. The molecule has 0 unspecified atom stereocenters. The molecule has 0 atom stereocenters. The van der Waals surface area contributed by atoms with Crippen molar-refractivity contribution in [2.24, 2.45) is 4.99 Å². The molecule has 2 heterocycles. The standard InChI is InChI=1S/C35H34N2/c1-23(15-21-30-34(2,3)32-26-13-9-7-11-24(26)17-19-28(32)36-30)16-22-31-35(4,5)33-27-14-10-8-12-25(27)18-20-29(33)37(31)6/h7-22H,1-6H3/b21-15+,23-16+,31-22+. The minimum Gasteiger partial charge on any atom is -0.347 e. The van der Waals surface area contributed by atoms with E-state index < -0.39 is 0 Å². The van der Waals surface area contributed by atoms with Crippen molar-refractivity contribution in [3.63, 3.8) is 0 Å². The lowest BCUT2D eigenvalue weighted by atomic mass is 9.79. The predicted octanol–water partition coefficient (Wildman–Crippen LogP) is 9.17. The zero-order chi connectivity index (χ0) is 25.9. The molecule has 2 aliphatic heterocycles. The molecular weight excluding hydrogens is 448 g/mol. The van der Waals surface area contributed by atoms with Crippen molar-refractivity contribution in [1.29, 1.82) is 0 Å². The molecule has 0 radical (unpaired) electrons. The van der Waals surface area contributed by atoms with Crippen LogP contribution < -0.4 is 4.90 Å². The van der Waals surface area contributed by atoms with E-state index >= 15 is 0 Å². The SMILES string of the molecule is CC(/C=C/C1=Nc2ccc3ccccc3c2C1(C)C)=C\C=C1\N(C)c2ccc3ccccc3c2C1(C)C. The van der Waals surface area contributed by atoms with Crippen molar-refractivity contribution in [3.05, 3.63) is 119 Å². The number of aliphatic imine (C=N–C) groups is 1. The highest BCUT2D eigenvalue weighted by atomic mass is 15.2. The summed E-state index contributed by atoms with van der Waals surface area (Å²) in [6.07, 6.45) is 8.93. The molecule has 0 saturated heterocycles. The lowest BCUT2D eigenvalue weighted by Crippen LogP contribution is -2.24. The molecule has 0 aromatic heterocycles. The van der Waals surface area contributed by atoms with Gasteiger partial charge in [0.15, 0.2) is 0 Å². The number of benzene rings is 4. The van der Waals surface area contributed by atoms with Crippen LogP contribution in [0.25, 0.3) is 21.5 Å². The number of nitrogens with zero attached hydrogens (tertiary/aromatic N) is 2. The van der Waals surface area contributed by atoms with Gasteiger partial charge in [-0.1, -0.05) is 106 Å². The molecule has 4 aromatic rings. The summed E-state index contributed by atoms with van der Waals surface area (Å²) in [4.78, 5) is 7.38. The van der Waals surface area contributed by atoms with Gasteiger partial charge in [-0.15, -0.1) is 0 Å². The molecule has 0 N–H and O–H groups in total. The van der Waals surface area contributed by atoms with Crippen molar-refractivity contribution in [3.8, 4) is 0 Å². The first-order valence-corrected chi connectivity index (χ1v) is 13.1. The number of hydrogen-bond donors (Lipinski definition) is 0. The van der Waals surface area contributed by atoms with Crippen LogP contribution in [0.4, 0.5) is 11.4 Å². The van der Waals surface area contributed by atoms with Gasteiger partial charge in [-0.05, 0) is 63.9 Å². The third-order valence-corrected chi connectivity index (χ3v) is 8.32. The molecule has 2 nitrogen and oxygen atoms in total. The second kappa shape index (κ2) is 8.31. The second-order valence-electron chi connectivity index (χ2n) is 11.5. The van der Waals surface area contributed by atoms with E-state index in [0.717, 1.165) is 11.4 Å². The fourth-order valence-electron chi connectivity index (χ4n) is 6.32. The topological polar surface area (TPSA) is 15.6 Å². The number of anilines is 1. The Morgan fingerprint density at radius 3 is 2.08 bits per heavy atom. The summed E-state index contributed by atoms with van der Waals surface area (Å²) in [6, 6.07) is 26.2. The molecule has 2 heteroatoms. The maximum Gasteiger partial charge on any atom is 0.0681 e. The van der Waals surface area contributed by atoms with Crippen LogP contribution in [-0.2, 0) is 10.8 Å². The minimum absolute atomic E-state index is 0.0777. The molecule has 4 aromatic carbocycles. The molecule has 0 spiro atoms. The van der Waals surface area contributed by atoms with Crippen LogP contribution in [0.3, 0.4) is 0 Å². The van der Waals surface area contributed by atoms with E-state index in [0.29, 0.717) is 0 Å². The van der Waals surface area contributed by atoms with Crippen LogP contribution in [0.5, 0.6) is 0 Å². The van der Waals surface area contributed by atoms with Crippen LogP contribution in [0.15, 0.2) is 113 Å². The predicted molar refractivity (Wildman–Crippen MR) is 160 cm³/mol. The minimum atomic E-state index is -0.137. The monoisotopic (exact) mass is 482 g/mol. The quantitative estimate of drug-likeness (QED) is 0.266. The zero-order valence-electron chi connectivity index (χ0n) is 22.6. The smallest absolute Gasteiger partial charge is 0.0681 e. The number of rotatable bonds is 3. The number of allylic oxidation sites excluding steroid dienone is 6. The van der Waals surface area contributed by atoms with Gasteiger partial charge >= 0.3 is 0 Å². The lowest BCUT2D eigenvalue weighted by molar-refractivity contribution is 0.645. The van der Waals surface area contributed by atoms with E-state index in [2.05, 4.69) is 144 Å². The van der Waals surface area contributed by atoms with E-state index in [1.807, 2.05) is 0 Å². The van der Waals surface area contributed by atoms with Gasteiger partial charge in [0.05, 0.1) is 11.4 Å². The van der Waals surface area contributed by atoms with E-state index in [1.165, 1.54) is 49.6 Å². The molecular formula is C35H34N2. The maximum absolute atomic E-state index is 5.03. The third kappa shape index (κ3) is 3.58. The van der Waals surface area contributed by atoms with E-state index in [1.54, 1.807) is 0 Å². The summed E-state index contributed by atoms with van der Waals surface area (Å²) < 4.78 is 0. The van der Waals surface area contributed by atoms with Gasteiger partial charge in [-0.2, -0.15) is 0 Å². The van der Waals surface area contributed by atoms with Crippen molar-refractivity contribution >= 4 is 38.6 Å². The Bertz CT molecular complexity index is 1690. The molecule has 2 aliphatic rings. The normalized spacial score (nSPS) is 19.2. The van der Waals surface area contributed by atoms with Crippen molar-refractivity contribution in [2.45, 2.75) is 45.4 Å². The van der Waals surface area contributed by atoms with Gasteiger partial charge in [0, 0.05) is 29.3 Å². The Balaban J connectivity index is 1.31. The average molecular weight is 483 g/mol. The van der Waals surface area contributed by atoms with Gasteiger partial charge in [-0.25, -0.2) is 0 Å². The van der Waals surface area contributed by atoms with E-state index in [9.17, 15) is 0 Å². The molecule has 184 valence electrons. The van der Waals surface area contributed by atoms with Crippen LogP contribution in [0, 0.1) is 0 Å². The summed E-state index contributed by atoms with van der Waals surface area (Å²) in [7, 11) is 2.19. The largest absolute Gasteiger partial charge is 0.347 e. The van der Waals surface area contributed by atoms with Crippen LogP contribution >= 0.6 is 0 Å². The Kier molecular flexibility index (Phi) is 5.28. The lowest BCUT2D eigenvalue weighted by Gasteiger charge is -2.24. The number of fused-ring (bicyclic) bond motifs is 6. The van der Waals surface area contributed by atoms with Crippen molar-refractivity contribution in [2.75, 3.05) is 11.9 Å². The van der Waals surface area contributed by atoms with Crippen molar-refractivity contribution in [1.82, 2.24) is 0 Å².